The van der Waals surface area contributed by atoms with E-state index in [4.69, 9.17) is 0 Å². The molecule has 0 saturated carbocycles. The molecule has 0 spiro atoms. The average molecular weight is 281 g/mol. The molecule has 0 aliphatic heterocycles. The predicted octanol–water partition coefficient (Wildman–Crippen LogP) is 3.34. The highest BCUT2D eigenvalue weighted by Gasteiger charge is 2.08. The molecule has 0 amide bonds. The van der Waals surface area contributed by atoms with Gasteiger partial charge < -0.3 is 10.2 Å². The van der Waals surface area contributed by atoms with E-state index in [1.165, 1.54) is 9.75 Å². The number of hydrogen-bond donors (Lipinski definition) is 1. The number of rotatable bonds is 6. The highest BCUT2D eigenvalue weighted by atomic mass is 32.1. The maximum Gasteiger partial charge on any atom is 0.185 e. The zero-order valence-corrected chi connectivity index (χ0v) is 12.6. The van der Waals surface area contributed by atoms with Gasteiger partial charge in [0.2, 0.25) is 0 Å². The minimum Gasteiger partial charge on any atom is -0.346 e. The van der Waals surface area contributed by atoms with E-state index in [2.05, 4.69) is 53.6 Å². The maximum atomic E-state index is 4.48. The molecule has 2 rings (SSSR count). The highest BCUT2D eigenvalue weighted by Crippen LogP contribution is 2.23. The Morgan fingerprint density at radius 1 is 1.39 bits per heavy atom. The summed E-state index contributed by atoms with van der Waals surface area (Å²) in [6, 6.07) is 4.77. The summed E-state index contributed by atoms with van der Waals surface area (Å²) in [5.41, 5.74) is 0. The third-order valence-corrected chi connectivity index (χ3v) is 4.50. The standard InChI is InChI=1S/C13H19N3S2/c1-10(2)14-7-12-8-15-13(18-12)16(3)9-11-5-4-6-17-11/h4-6,8,10,14H,7,9H2,1-3H3. The molecular formula is C13H19N3S2. The first-order valence-corrected chi connectivity index (χ1v) is 7.76. The van der Waals surface area contributed by atoms with Gasteiger partial charge in [0.25, 0.3) is 0 Å². The normalized spacial score (nSPS) is 11.1. The van der Waals surface area contributed by atoms with Crippen molar-refractivity contribution in [1.82, 2.24) is 10.3 Å². The molecule has 98 valence electrons. The van der Waals surface area contributed by atoms with Crippen LogP contribution in [0.4, 0.5) is 5.13 Å². The minimum atomic E-state index is 0.513. The molecule has 0 radical (unpaired) electrons. The molecule has 2 aromatic rings. The van der Waals surface area contributed by atoms with E-state index in [9.17, 15) is 0 Å². The van der Waals surface area contributed by atoms with Gasteiger partial charge in [0.05, 0.1) is 6.54 Å². The lowest BCUT2D eigenvalue weighted by atomic mass is 10.4. The van der Waals surface area contributed by atoms with Crippen molar-refractivity contribution in [2.45, 2.75) is 33.0 Å². The molecule has 0 aliphatic rings. The Morgan fingerprint density at radius 2 is 2.22 bits per heavy atom. The van der Waals surface area contributed by atoms with Crippen LogP contribution >= 0.6 is 22.7 Å². The Bertz CT molecular complexity index is 462. The Balaban J connectivity index is 1.92. The lowest BCUT2D eigenvalue weighted by molar-refractivity contribution is 0.593. The zero-order valence-electron chi connectivity index (χ0n) is 11.0. The van der Waals surface area contributed by atoms with Gasteiger partial charge in [-0.05, 0) is 11.4 Å². The monoisotopic (exact) mass is 281 g/mol. The van der Waals surface area contributed by atoms with Gasteiger partial charge in [-0.15, -0.1) is 22.7 Å². The molecule has 18 heavy (non-hydrogen) atoms. The molecule has 0 atom stereocenters. The van der Waals surface area contributed by atoms with Crippen molar-refractivity contribution in [2.24, 2.45) is 0 Å². The summed E-state index contributed by atoms with van der Waals surface area (Å²) in [5.74, 6) is 0. The molecular weight excluding hydrogens is 262 g/mol. The molecule has 0 unspecified atom stereocenters. The smallest absolute Gasteiger partial charge is 0.185 e. The van der Waals surface area contributed by atoms with Crippen LogP contribution < -0.4 is 10.2 Å². The minimum absolute atomic E-state index is 0.513. The SMILES string of the molecule is CC(C)NCc1cnc(N(C)Cc2cccs2)s1. The number of aromatic nitrogens is 1. The molecule has 2 heterocycles. The van der Waals surface area contributed by atoms with Crippen molar-refractivity contribution in [3.8, 4) is 0 Å². The summed E-state index contributed by atoms with van der Waals surface area (Å²) in [6.45, 7) is 6.15. The first-order valence-electron chi connectivity index (χ1n) is 6.06. The zero-order chi connectivity index (χ0) is 13.0. The van der Waals surface area contributed by atoms with Crippen LogP contribution in [0.2, 0.25) is 0 Å². The van der Waals surface area contributed by atoms with Gasteiger partial charge in [-0.3, -0.25) is 0 Å². The summed E-state index contributed by atoms with van der Waals surface area (Å²) in [7, 11) is 2.10. The summed E-state index contributed by atoms with van der Waals surface area (Å²) >= 11 is 3.55. The lowest BCUT2D eigenvalue weighted by Crippen LogP contribution is -2.21. The Hall–Kier alpha value is -0.910. The summed E-state index contributed by atoms with van der Waals surface area (Å²) in [4.78, 5) is 9.35. The van der Waals surface area contributed by atoms with Crippen LogP contribution in [0.1, 0.15) is 23.6 Å². The van der Waals surface area contributed by atoms with Gasteiger partial charge in [-0.25, -0.2) is 4.98 Å². The fourth-order valence-electron chi connectivity index (χ4n) is 1.56. The first kappa shape index (κ1) is 13.5. The maximum absolute atomic E-state index is 4.48. The molecule has 2 aromatic heterocycles. The fraction of sp³-hybridized carbons (Fsp3) is 0.462. The van der Waals surface area contributed by atoms with Crippen molar-refractivity contribution in [2.75, 3.05) is 11.9 Å². The molecule has 0 aromatic carbocycles. The second-order valence-corrected chi connectivity index (χ2v) is 6.71. The molecule has 0 bridgehead atoms. The van der Waals surface area contributed by atoms with E-state index >= 15 is 0 Å². The second-order valence-electron chi connectivity index (χ2n) is 4.58. The van der Waals surface area contributed by atoms with Crippen LogP contribution in [0.3, 0.4) is 0 Å². The third-order valence-electron chi connectivity index (χ3n) is 2.53. The number of nitrogens with one attached hydrogen (secondary N) is 1. The molecule has 0 fully saturated rings. The van der Waals surface area contributed by atoms with Gasteiger partial charge in [0, 0.05) is 35.6 Å². The average Bonchev–Trinajstić information content (AvgIpc) is 2.96. The predicted molar refractivity (Wildman–Crippen MR) is 80.5 cm³/mol. The van der Waals surface area contributed by atoms with E-state index < -0.39 is 0 Å². The van der Waals surface area contributed by atoms with Crippen LogP contribution in [0, 0.1) is 0 Å². The van der Waals surface area contributed by atoms with Crippen molar-refractivity contribution < 1.29 is 0 Å². The van der Waals surface area contributed by atoms with E-state index in [1.807, 2.05) is 6.20 Å². The number of thiophene rings is 1. The van der Waals surface area contributed by atoms with Crippen LogP contribution in [-0.2, 0) is 13.1 Å². The van der Waals surface area contributed by atoms with Gasteiger partial charge >= 0.3 is 0 Å². The van der Waals surface area contributed by atoms with Gasteiger partial charge in [0.15, 0.2) is 5.13 Å². The van der Waals surface area contributed by atoms with Crippen molar-refractivity contribution in [3.63, 3.8) is 0 Å². The quantitative estimate of drug-likeness (QED) is 0.880. The Labute approximate surface area is 116 Å². The number of anilines is 1. The van der Waals surface area contributed by atoms with Crippen molar-refractivity contribution in [1.29, 1.82) is 0 Å². The second kappa shape index (κ2) is 6.31. The molecule has 3 nitrogen and oxygen atoms in total. The van der Waals surface area contributed by atoms with Crippen LogP contribution in [0.15, 0.2) is 23.7 Å². The van der Waals surface area contributed by atoms with E-state index in [-0.39, 0.29) is 0 Å². The van der Waals surface area contributed by atoms with Crippen molar-refractivity contribution >= 4 is 27.8 Å². The van der Waals surface area contributed by atoms with E-state index in [0.717, 1.165) is 18.2 Å². The summed E-state index contributed by atoms with van der Waals surface area (Å²) < 4.78 is 0. The third kappa shape index (κ3) is 3.80. The number of thiazole rings is 1. The van der Waals surface area contributed by atoms with Gasteiger partial charge in [-0.2, -0.15) is 0 Å². The Morgan fingerprint density at radius 3 is 2.89 bits per heavy atom. The lowest BCUT2D eigenvalue weighted by Gasteiger charge is -2.14. The van der Waals surface area contributed by atoms with E-state index in [1.54, 1.807) is 22.7 Å². The van der Waals surface area contributed by atoms with Gasteiger partial charge in [0.1, 0.15) is 0 Å². The van der Waals surface area contributed by atoms with Gasteiger partial charge in [-0.1, -0.05) is 19.9 Å². The Kier molecular flexibility index (Phi) is 4.74. The molecule has 5 heteroatoms. The van der Waals surface area contributed by atoms with Crippen LogP contribution in [0.5, 0.6) is 0 Å². The fourth-order valence-corrected chi connectivity index (χ4v) is 3.14. The van der Waals surface area contributed by atoms with E-state index in [0.29, 0.717) is 6.04 Å². The number of nitrogens with zero attached hydrogens (tertiary/aromatic N) is 2. The molecule has 0 saturated heterocycles. The summed E-state index contributed by atoms with van der Waals surface area (Å²) in [5, 5.41) is 6.61. The number of hydrogen-bond acceptors (Lipinski definition) is 5. The first-order chi connectivity index (χ1) is 8.65. The van der Waals surface area contributed by atoms with Crippen molar-refractivity contribution in [3.05, 3.63) is 33.5 Å². The summed E-state index contributed by atoms with van der Waals surface area (Å²) in [6.07, 6.45) is 1.97. The largest absolute Gasteiger partial charge is 0.346 e. The topological polar surface area (TPSA) is 28.2 Å². The van der Waals surface area contributed by atoms with Crippen LogP contribution in [0.25, 0.3) is 0 Å². The molecule has 1 N–H and O–H groups in total. The van der Waals surface area contributed by atoms with Crippen LogP contribution in [-0.4, -0.2) is 18.1 Å². The highest BCUT2D eigenvalue weighted by molar-refractivity contribution is 7.15. The molecule has 0 aliphatic carbocycles.